The zero-order valence-corrected chi connectivity index (χ0v) is 15.1. The van der Waals surface area contributed by atoms with E-state index in [4.69, 9.17) is 4.55 Å². The van der Waals surface area contributed by atoms with E-state index < -0.39 is 10.1 Å². The number of anilines is 1. The SMILES string of the molecule is O=S(=O)(O)c1ccc(N/N=C/CCc2ccccc2)cc1.[Na+]. The van der Waals surface area contributed by atoms with Crippen LogP contribution in [0.15, 0.2) is 64.6 Å². The molecule has 0 aromatic heterocycles. The number of nitrogens with one attached hydrogen (secondary N) is 1. The van der Waals surface area contributed by atoms with Gasteiger partial charge in [-0.25, -0.2) is 0 Å². The molecule has 0 saturated carbocycles. The predicted molar refractivity (Wildman–Crippen MR) is 83.1 cm³/mol. The molecule has 0 heterocycles. The summed E-state index contributed by atoms with van der Waals surface area (Å²) >= 11 is 0. The van der Waals surface area contributed by atoms with Gasteiger partial charge in [0.2, 0.25) is 0 Å². The molecule has 0 aliphatic rings. The maximum absolute atomic E-state index is 10.9. The van der Waals surface area contributed by atoms with E-state index in [9.17, 15) is 8.42 Å². The molecule has 0 amide bonds. The summed E-state index contributed by atoms with van der Waals surface area (Å²) in [6.07, 6.45) is 3.48. The molecule has 22 heavy (non-hydrogen) atoms. The van der Waals surface area contributed by atoms with E-state index in [0.29, 0.717) is 5.69 Å². The molecule has 2 aromatic carbocycles. The van der Waals surface area contributed by atoms with Gasteiger partial charge in [0, 0.05) is 6.21 Å². The molecule has 0 bridgehead atoms. The van der Waals surface area contributed by atoms with Crippen LogP contribution in [-0.2, 0) is 16.5 Å². The molecule has 0 radical (unpaired) electrons. The van der Waals surface area contributed by atoms with Crippen LogP contribution >= 0.6 is 0 Å². The maximum atomic E-state index is 10.9. The third kappa shape index (κ3) is 6.29. The summed E-state index contributed by atoms with van der Waals surface area (Å²) in [7, 11) is -4.15. The monoisotopic (exact) mass is 327 g/mol. The average molecular weight is 327 g/mol. The summed E-state index contributed by atoms with van der Waals surface area (Å²) in [4.78, 5) is -0.138. The Hall–Kier alpha value is -1.18. The second-order valence-corrected chi connectivity index (χ2v) is 5.87. The van der Waals surface area contributed by atoms with Crippen LogP contribution in [-0.4, -0.2) is 19.2 Å². The van der Waals surface area contributed by atoms with Crippen LogP contribution in [0.5, 0.6) is 0 Å². The third-order valence-electron chi connectivity index (χ3n) is 2.84. The molecular weight excluding hydrogens is 311 g/mol. The Morgan fingerprint density at radius 3 is 2.27 bits per heavy atom. The van der Waals surface area contributed by atoms with Crippen LogP contribution in [0, 0.1) is 0 Å². The molecule has 7 heteroatoms. The number of hydrogen-bond donors (Lipinski definition) is 2. The van der Waals surface area contributed by atoms with E-state index in [0.717, 1.165) is 12.8 Å². The average Bonchev–Trinajstić information content (AvgIpc) is 2.47. The molecule has 110 valence electrons. The number of benzene rings is 2. The summed E-state index contributed by atoms with van der Waals surface area (Å²) < 4.78 is 30.6. The zero-order chi connectivity index (χ0) is 15.1. The Labute approximate surface area is 152 Å². The van der Waals surface area contributed by atoms with Gasteiger partial charge in [0.25, 0.3) is 10.1 Å². The van der Waals surface area contributed by atoms with E-state index in [1.165, 1.54) is 29.8 Å². The molecule has 0 saturated heterocycles. The third-order valence-corrected chi connectivity index (χ3v) is 3.71. The van der Waals surface area contributed by atoms with Crippen molar-refractivity contribution in [3.63, 3.8) is 0 Å². The molecule has 0 aliphatic heterocycles. The standard InChI is InChI=1S/C15H16N2O3S.Na/c18-21(19,20)15-10-8-14(9-11-15)17-16-12-4-7-13-5-2-1-3-6-13;/h1-3,5-6,8-12,17H,4,7H2,(H,18,19,20);/q;+1/b16-12+;. The van der Waals surface area contributed by atoms with Gasteiger partial charge in [-0.3, -0.25) is 9.98 Å². The van der Waals surface area contributed by atoms with Crippen LogP contribution in [0.1, 0.15) is 12.0 Å². The quantitative estimate of drug-likeness (QED) is 0.338. The molecule has 0 aliphatic carbocycles. The van der Waals surface area contributed by atoms with Crippen molar-refractivity contribution < 1.29 is 42.5 Å². The maximum Gasteiger partial charge on any atom is 1.00 e. The van der Waals surface area contributed by atoms with E-state index in [2.05, 4.69) is 22.7 Å². The molecule has 0 atom stereocenters. The Morgan fingerprint density at radius 1 is 1.05 bits per heavy atom. The fourth-order valence-corrected chi connectivity index (χ4v) is 2.24. The van der Waals surface area contributed by atoms with E-state index >= 15 is 0 Å². The number of hydrazone groups is 1. The van der Waals surface area contributed by atoms with Crippen LogP contribution in [0.2, 0.25) is 0 Å². The fraction of sp³-hybridized carbons (Fsp3) is 0.133. The van der Waals surface area contributed by atoms with Gasteiger partial charge in [-0.1, -0.05) is 30.3 Å². The predicted octanol–water partition coefficient (Wildman–Crippen LogP) is -0.0322. The van der Waals surface area contributed by atoms with E-state index in [1.807, 2.05) is 18.2 Å². The number of nitrogens with zero attached hydrogens (tertiary/aromatic N) is 1. The smallest absolute Gasteiger partial charge is 0.282 e. The normalized spacial score (nSPS) is 11.1. The van der Waals surface area contributed by atoms with E-state index in [-0.39, 0.29) is 34.5 Å². The van der Waals surface area contributed by atoms with Crippen LogP contribution in [0.4, 0.5) is 5.69 Å². The van der Waals surface area contributed by atoms with Crippen molar-refractivity contribution in [2.45, 2.75) is 17.7 Å². The van der Waals surface area contributed by atoms with Gasteiger partial charge in [0.1, 0.15) is 0 Å². The Morgan fingerprint density at radius 2 is 1.68 bits per heavy atom. The molecule has 2 N–H and O–H groups in total. The van der Waals surface area contributed by atoms with Gasteiger partial charge >= 0.3 is 29.6 Å². The minimum atomic E-state index is -4.15. The number of rotatable bonds is 6. The van der Waals surface area contributed by atoms with Crippen molar-refractivity contribution >= 4 is 22.0 Å². The first-order valence-corrected chi connectivity index (χ1v) is 7.89. The molecule has 0 unspecified atom stereocenters. The topological polar surface area (TPSA) is 78.8 Å². The van der Waals surface area contributed by atoms with Crippen molar-refractivity contribution in [3.8, 4) is 0 Å². The van der Waals surface area contributed by atoms with Gasteiger partial charge in [0.15, 0.2) is 0 Å². The van der Waals surface area contributed by atoms with Gasteiger partial charge in [-0.05, 0) is 42.7 Å². The minimum absolute atomic E-state index is 0. The largest absolute Gasteiger partial charge is 1.00 e. The Bertz CT molecular complexity index is 701. The van der Waals surface area contributed by atoms with Crippen molar-refractivity contribution in [1.82, 2.24) is 0 Å². The molecule has 5 nitrogen and oxygen atoms in total. The zero-order valence-electron chi connectivity index (χ0n) is 12.3. The van der Waals surface area contributed by atoms with E-state index in [1.54, 1.807) is 6.21 Å². The van der Waals surface area contributed by atoms with Crippen LogP contribution in [0.25, 0.3) is 0 Å². The van der Waals surface area contributed by atoms with Gasteiger partial charge in [-0.15, -0.1) is 0 Å². The van der Waals surface area contributed by atoms with Crippen LogP contribution < -0.4 is 35.0 Å². The summed E-state index contributed by atoms with van der Waals surface area (Å²) in [5.74, 6) is 0. The summed E-state index contributed by atoms with van der Waals surface area (Å²) in [5, 5.41) is 4.06. The van der Waals surface area contributed by atoms with Gasteiger partial charge in [0.05, 0.1) is 10.6 Å². The Kier molecular flexibility index (Phi) is 7.78. The number of aryl methyl sites for hydroxylation is 1. The van der Waals surface area contributed by atoms with Crippen molar-refractivity contribution in [2.75, 3.05) is 5.43 Å². The number of hydrogen-bond acceptors (Lipinski definition) is 4. The first kappa shape index (κ1) is 18.9. The molecule has 2 aromatic rings. The Balaban J connectivity index is 0.00000242. The molecule has 0 fully saturated rings. The van der Waals surface area contributed by atoms with Gasteiger partial charge < -0.3 is 0 Å². The van der Waals surface area contributed by atoms with Gasteiger partial charge in [-0.2, -0.15) is 13.5 Å². The van der Waals surface area contributed by atoms with Crippen molar-refractivity contribution in [1.29, 1.82) is 0 Å². The fourth-order valence-electron chi connectivity index (χ4n) is 1.76. The summed E-state index contributed by atoms with van der Waals surface area (Å²) in [6, 6.07) is 15.8. The molecule has 2 rings (SSSR count). The first-order chi connectivity index (χ1) is 10.1. The summed E-state index contributed by atoms with van der Waals surface area (Å²) in [6.45, 7) is 0. The summed E-state index contributed by atoms with van der Waals surface area (Å²) in [5.41, 5.74) is 4.71. The second-order valence-electron chi connectivity index (χ2n) is 4.45. The molecule has 0 spiro atoms. The molecular formula is C15H16N2NaO3S+. The first-order valence-electron chi connectivity index (χ1n) is 6.45. The minimum Gasteiger partial charge on any atom is -0.282 e. The van der Waals surface area contributed by atoms with Crippen LogP contribution in [0.3, 0.4) is 0 Å². The van der Waals surface area contributed by atoms with Crippen molar-refractivity contribution in [3.05, 3.63) is 60.2 Å². The van der Waals surface area contributed by atoms with Crippen molar-refractivity contribution in [2.24, 2.45) is 5.10 Å². The second kappa shape index (κ2) is 9.07.